The average molecular weight is 292 g/mol. The van der Waals surface area contributed by atoms with Gasteiger partial charge in [0.15, 0.2) is 4.21 Å². The Kier molecular flexibility index (Phi) is 4.21. The van der Waals surface area contributed by atoms with Gasteiger partial charge in [-0.3, -0.25) is 4.79 Å². The zero-order chi connectivity index (χ0) is 13.2. The molecule has 0 radical (unpaired) electrons. The van der Waals surface area contributed by atoms with E-state index in [4.69, 9.17) is 4.74 Å². The molecule has 2 heterocycles. The molecule has 102 valence electrons. The van der Waals surface area contributed by atoms with E-state index in [1.54, 1.807) is 6.92 Å². The molecule has 1 saturated heterocycles. The van der Waals surface area contributed by atoms with Crippen LogP contribution in [0.3, 0.4) is 0 Å². The van der Waals surface area contributed by atoms with E-state index in [0.29, 0.717) is 31.4 Å². The topological polar surface area (TPSA) is 88.3 Å². The highest BCUT2D eigenvalue weighted by Crippen LogP contribution is 2.18. The van der Waals surface area contributed by atoms with E-state index >= 15 is 0 Å². The first-order valence-electron chi connectivity index (χ1n) is 5.76. The van der Waals surface area contributed by atoms with Gasteiger partial charge in [0.2, 0.25) is 0 Å². The Morgan fingerprint density at radius 2 is 2.11 bits per heavy atom. The summed E-state index contributed by atoms with van der Waals surface area (Å²) in [4.78, 5) is 13.2. The van der Waals surface area contributed by atoms with Crippen molar-refractivity contribution in [1.29, 1.82) is 0 Å². The first-order valence-corrected chi connectivity index (χ1v) is 8.06. The van der Waals surface area contributed by atoms with Crippen LogP contribution in [-0.2, 0) is 14.8 Å². The third-order valence-electron chi connectivity index (χ3n) is 2.93. The minimum Gasteiger partial charge on any atom is -0.381 e. The van der Waals surface area contributed by atoms with Crippen LogP contribution in [0.25, 0.3) is 0 Å². The molecule has 1 aromatic heterocycles. The maximum absolute atomic E-state index is 12.0. The summed E-state index contributed by atoms with van der Waals surface area (Å²) >= 11 is 0.722. The Labute approximate surface area is 109 Å². The fraction of sp³-hybridized carbons (Fsp3) is 0.700. The van der Waals surface area contributed by atoms with Gasteiger partial charge in [-0.2, -0.15) is 0 Å². The van der Waals surface area contributed by atoms with E-state index in [2.05, 4.69) is 9.71 Å². The van der Waals surface area contributed by atoms with E-state index in [1.807, 2.05) is 0 Å². The maximum Gasteiger partial charge on any atom is 0.305 e. The Morgan fingerprint density at radius 1 is 1.44 bits per heavy atom. The molecule has 1 fully saturated rings. The van der Waals surface area contributed by atoms with Crippen molar-refractivity contribution in [2.45, 2.75) is 24.0 Å². The molecule has 0 aromatic carbocycles. The lowest BCUT2D eigenvalue weighted by Crippen LogP contribution is -2.32. The molecule has 0 atom stereocenters. The second-order valence-corrected chi connectivity index (χ2v) is 7.28. The number of aromatic nitrogens is 1. The zero-order valence-corrected chi connectivity index (χ0v) is 11.7. The van der Waals surface area contributed by atoms with Gasteiger partial charge in [0.25, 0.3) is 10.0 Å². The molecule has 6 nitrogen and oxygen atoms in total. The van der Waals surface area contributed by atoms with Crippen LogP contribution < -0.4 is 9.60 Å². The van der Waals surface area contributed by atoms with Crippen molar-refractivity contribution >= 4 is 21.4 Å². The van der Waals surface area contributed by atoms with Crippen LogP contribution in [0, 0.1) is 12.8 Å². The number of rotatable bonds is 4. The van der Waals surface area contributed by atoms with Crippen LogP contribution in [0.15, 0.2) is 9.00 Å². The second-order valence-electron chi connectivity index (χ2n) is 4.33. The predicted octanol–water partition coefficient (Wildman–Crippen LogP) is 0.450. The number of aromatic amines is 1. The molecule has 0 amide bonds. The lowest BCUT2D eigenvalue weighted by molar-refractivity contribution is 0.0678. The number of ether oxygens (including phenoxy) is 1. The Balaban J connectivity index is 2.03. The Morgan fingerprint density at radius 3 is 2.67 bits per heavy atom. The van der Waals surface area contributed by atoms with Crippen molar-refractivity contribution < 1.29 is 13.2 Å². The average Bonchev–Trinajstić information content (AvgIpc) is 2.68. The third kappa shape index (κ3) is 3.19. The monoisotopic (exact) mass is 292 g/mol. The lowest BCUT2D eigenvalue weighted by Gasteiger charge is -2.21. The van der Waals surface area contributed by atoms with Crippen LogP contribution in [0.5, 0.6) is 0 Å². The third-order valence-corrected chi connectivity index (χ3v) is 5.96. The normalized spacial score (nSPS) is 18.1. The smallest absolute Gasteiger partial charge is 0.305 e. The molecule has 8 heteroatoms. The van der Waals surface area contributed by atoms with E-state index in [1.165, 1.54) is 0 Å². The molecule has 1 aliphatic heterocycles. The van der Waals surface area contributed by atoms with Crippen molar-refractivity contribution in [2.75, 3.05) is 19.8 Å². The molecule has 1 aliphatic rings. The summed E-state index contributed by atoms with van der Waals surface area (Å²) < 4.78 is 31.9. The number of nitrogens with one attached hydrogen (secondary N) is 2. The number of thiazole rings is 1. The Bertz CT molecular complexity index is 555. The molecule has 0 spiro atoms. The fourth-order valence-electron chi connectivity index (χ4n) is 1.89. The minimum atomic E-state index is -3.57. The largest absolute Gasteiger partial charge is 0.381 e. The van der Waals surface area contributed by atoms with Gasteiger partial charge >= 0.3 is 4.87 Å². The second kappa shape index (κ2) is 5.52. The number of hydrogen-bond donors (Lipinski definition) is 2. The van der Waals surface area contributed by atoms with Gasteiger partial charge in [0, 0.05) is 25.5 Å². The van der Waals surface area contributed by atoms with Gasteiger partial charge in [-0.1, -0.05) is 11.3 Å². The maximum atomic E-state index is 12.0. The highest BCUT2D eigenvalue weighted by Gasteiger charge is 2.22. The summed E-state index contributed by atoms with van der Waals surface area (Å²) in [5.41, 5.74) is 0.393. The van der Waals surface area contributed by atoms with Crippen molar-refractivity contribution in [3.63, 3.8) is 0 Å². The van der Waals surface area contributed by atoms with Crippen LogP contribution >= 0.6 is 11.3 Å². The van der Waals surface area contributed by atoms with E-state index in [9.17, 15) is 13.2 Å². The van der Waals surface area contributed by atoms with Gasteiger partial charge < -0.3 is 9.72 Å². The van der Waals surface area contributed by atoms with Crippen LogP contribution in [0.4, 0.5) is 0 Å². The first-order chi connectivity index (χ1) is 8.49. The van der Waals surface area contributed by atoms with E-state index < -0.39 is 10.0 Å². The van der Waals surface area contributed by atoms with E-state index in [-0.39, 0.29) is 9.08 Å². The summed E-state index contributed by atoms with van der Waals surface area (Å²) in [6, 6.07) is 0. The quantitative estimate of drug-likeness (QED) is 0.843. The van der Waals surface area contributed by atoms with Crippen molar-refractivity contribution in [2.24, 2.45) is 5.92 Å². The first kappa shape index (κ1) is 13.7. The number of H-pyrrole nitrogens is 1. The highest BCUT2D eigenvalue weighted by atomic mass is 32.2. The summed E-state index contributed by atoms with van der Waals surface area (Å²) in [6.45, 7) is 3.35. The van der Waals surface area contributed by atoms with Gasteiger partial charge in [0.05, 0.1) is 0 Å². The van der Waals surface area contributed by atoms with Gasteiger partial charge in [0.1, 0.15) is 0 Å². The van der Waals surface area contributed by atoms with Crippen molar-refractivity contribution in [3.8, 4) is 0 Å². The van der Waals surface area contributed by atoms with Gasteiger partial charge in [-0.15, -0.1) is 0 Å². The zero-order valence-electron chi connectivity index (χ0n) is 10.1. The summed E-state index contributed by atoms with van der Waals surface area (Å²) in [5, 5.41) is 0. The van der Waals surface area contributed by atoms with Crippen molar-refractivity contribution in [1.82, 2.24) is 9.71 Å². The van der Waals surface area contributed by atoms with Crippen molar-refractivity contribution in [3.05, 3.63) is 15.4 Å². The summed E-state index contributed by atoms with van der Waals surface area (Å²) in [5.74, 6) is 0.310. The highest BCUT2D eigenvalue weighted by molar-refractivity contribution is 7.91. The molecule has 0 unspecified atom stereocenters. The van der Waals surface area contributed by atoms with Crippen LogP contribution in [0.2, 0.25) is 0 Å². The molecule has 2 rings (SSSR count). The Hall–Kier alpha value is -0.700. The molecule has 18 heavy (non-hydrogen) atoms. The molecule has 1 aromatic rings. The molecule has 0 saturated carbocycles. The SMILES string of the molecule is Cc1[nH]c(=O)sc1S(=O)(=O)NCC1CCOCC1. The molecular formula is C10H16N2O4S2. The number of sulfonamides is 1. The van der Waals surface area contributed by atoms with E-state index in [0.717, 1.165) is 24.2 Å². The molecule has 2 N–H and O–H groups in total. The van der Waals surface area contributed by atoms with Gasteiger partial charge in [-0.25, -0.2) is 13.1 Å². The number of hydrogen-bond acceptors (Lipinski definition) is 5. The van der Waals surface area contributed by atoms with Crippen LogP contribution in [0.1, 0.15) is 18.5 Å². The minimum absolute atomic E-state index is 0.0829. The van der Waals surface area contributed by atoms with Gasteiger partial charge in [-0.05, 0) is 25.7 Å². The molecule has 0 aliphatic carbocycles. The molecule has 0 bridgehead atoms. The molecular weight excluding hydrogens is 276 g/mol. The number of aryl methyl sites for hydroxylation is 1. The predicted molar refractivity (Wildman–Crippen MR) is 68.4 cm³/mol. The standard InChI is InChI=1S/C10H16N2O4S2/c1-7-9(17-10(13)12-7)18(14,15)11-6-8-2-4-16-5-3-8/h8,11H,2-6H2,1H3,(H,12,13). The lowest BCUT2D eigenvalue weighted by atomic mass is 10.0. The fourth-order valence-corrected chi connectivity index (χ4v) is 4.35. The summed E-state index contributed by atoms with van der Waals surface area (Å²) in [7, 11) is -3.57. The van der Waals surface area contributed by atoms with Crippen LogP contribution in [-0.4, -0.2) is 33.2 Å². The summed E-state index contributed by atoms with van der Waals surface area (Å²) in [6.07, 6.45) is 1.73.